The third-order valence-electron chi connectivity index (χ3n) is 6.25. The van der Waals surface area contributed by atoms with E-state index in [1.165, 1.54) is 18.2 Å². The van der Waals surface area contributed by atoms with Gasteiger partial charge in [-0.3, -0.25) is 0 Å². The summed E-state index contributed by atoms with van der Waals surface area (Å²) in [6.45, 7) is 14.6. The molecule has 0 spiro atoms. The van der Waals surface area contributed by atoms with Gasteiger partial charge in [0.1, 0.15) is 6.61 Å². The minimum absolute atomic E-state index is 0.00678. The van der Waals surface area contributed by atoms with Gasteiger partial charge in [0.25, 0.3) is 10.0 Å². The zero-order chi connectivity index (χ0) is 29.8. The maximum Gasteiger partial charge on any atom is 0.335 e. The smallest absolute Gasteiger partial charge is 0.335 e. The van der Waals surface area contributed by atoms with Crippen molar-refractivity contribution in [3.8, 4) is 17.1 Å². The number of carboxylic acid groups (broad SMARTS) is 1. The van der Waals surface area contributed by atoms with Crippen LogP contribution in [0.5, 0.6) is 5.88 Å². The van der Waals surface area contributed by atoms with Gasteiger partial charge < -0.3 is 15.6 Å². The molecule has 0 fully saturated rings. The predicted molar refractivity (Wildman–Crippen MR) is 157 cm³/mol. The SMILES string of the molecule is Cc1cccc(CC(C)C)c1-c1nc(NS(=O)(=O)c2cccc(C(=O)O)c2)nc(OC[C@H](N)CC(C)(C)C)c1C. The highest BCUT2D eigenvalue weighted by atomic mass is 32.2. The lowest BCUT2D eigenvalue weighted by Gasteiger charge is -2.24. The van der Waals surface area contributed by atoms with Crippen molar-refractivity contribution in [3.63, 3.8) is 0 Å². The number of carboxylic acids is 1. The molecule has 0 radical (unpaired) electrons. The molecular weight excluding hydrogens is 528 g/mol. The molecule has 216 valence electrons. The van der Waals surface area contributed by atoms with Gasteiger partial charge in [-0.2, -0.15) is 4.98 Å². The van der Waals surface area contributed by atoms with Crippen LogP contribution in [0, 0.1) is 25.2 Å². The molecule has 0 saturated heterocycles. The van der Waals surface area contributed by atoms with Crippen LogP contribution in [0.2, 0.25) is 0 Å². The van der Waals surface area contributed by atoms with Crippen LogP contribution < -0.4 is 15.2 Å². The number of aromatic carboxylic acids is 1. The van der Waals surface area contributed by atoms with E-state index in [9.17, 15) is 18.3 Å². The first kappa shape index (κ1) is 31.0. The van der Waals surface area contributed by atoms with Crippen LogP contribution in [-0.2, 0) is 16.4 Å². The maximum atomic E-state index is 13.3. The molecule has 0 saturated carbocycles. The molecule has 1 atom stereocenters. The third kappa shape index (κ3) is 8.02. The Kier molecular flexibility index (Phi) is 9.58. The van der Waals surface area contributed by atoms with E-state index in [4.69, 9.17) is 10.5 Å². The summed E-state index contributed by atoms with van der Waals surface area (Å²) in [4.78, 5) is 20.3. The number of aromatic nitrogens is 2. The summed E-state index contributed by atoms with van der Waals surface area (Å²) in [6.07, 6.45) is 1.52. The second kappa shape index (κ2) is 12.3. The average Bonchev–Trinajstić information content (AvgIpc) is 2.83. The summed E-state index contributed by atoms with van der Waals surface area (Å²) in [5, 5.41) is 9.32. The van der Waals surface area contributed by atoms with E-state index in [2.05, 4.69) is 49.3 Å². The summed E-state index contributed by atoms with van der Waals surface area (Å²) in [5.74, 6) is -0.802. The second-order valence-electron chi connectivity index (χ2n) is 11.8. The van der Waals surface area contributed by atoms with Crippen molar-refractivity contribution in [2.45, 2.75) is 72.2 Å². The number of aryl methyl sites for hydroxylation is 1. The molecular formula is C30H40N4O5S. The van der Waals surface area contributed by atoms with E-state index < -0.39 is 16.0 Å². The van der Waals surface area contributed by atoms with Gasteiger partial charge in [-0.25, -0.2) is 22.9 Å². The summed E-state index contributed by atoms with van der Waals surface area (Å²) in [7, 11) is -4.21. The summed E-state index contributed by atoms with van der Waals surface area (Å²) < 4.78 is 35.1. The van der Waals surface area contributed by atoms with E-state index in [-0.39, 0.29) is 40.4 Å². The molecule has 2 aromatic carbocycles. The van der Waals surface area contributed by atoms with Crippen LogP contribution in [0.3, 0.4) is 0 Å². The van der Waals surface area contributed by atoms with Gasteiger partial charge in [-0.05, 0) is 67.3 Å². The number of ether oxygens (including phenoxy) is 1. The lowest BCUT2D eigenvalue weighted by molar-refractivity contribution is 0.0696. The standard InChI is InChI=1S/C30H40N4O5S/c1-18(2)14-21-11-8-10-19(3)25(21)26-20(4)27(39-17-23(31)16-30(5,6)7)33-29(32-26)34-40(37,38)24-13-9-12-22(15-24)28(35)36/h8-13,15,18,23H,14,16-17,31H2,1-7H3,(H,35,36)(H,32,33,34)/t23-/m1/s1. The Hall–Kier alpha value is -3.50. The highest BCUT2D eigenvalue weighted by Crippen LogP contribution is 2.35. The van der Waals surface area contributed by atoms with Gasteiger partial charge in [0, 0.05) is 17.2 Å². The fraction of sp³-hybridized carbons (Fsp3) is 0.433. The maximum absolute atomic E-state index is 13.3. The van der Waals surface area contributed by atoms with E-state index in [1.54, 1.807) is 0 Å². The van der Waals surface area contributed by atoms with Crippen LogP contribution in [-0.4, -0.2) is 42.1 Å². The van der Waals surface area contributed by atoms with Crippen molar-refractivity contribution < 1.29 is 23.1 Å². The molecule has 9 nitrogen and oxygen atoms in total. The van der Waals surface area contributed by atoms with Crippen LogP contribution in [0.25, 0.3) is 11.3 Å². The Morgan fingerprint density at radius 2 is 1.77 bits per heavy atom. The van der Waals surface area contributed by atoms with Gasteiger partial charge in [-0.1, -0.05) is 58.9 Å². The first-order valence-electron chi connectivity index (χ1n) is 13.3. The van der Waals surface area contributed by atoms with E-state index in [1.807, 2.05) is 32.0 Å². The molecule has 0 aliphatic rings. The van der Waals surface area contributed by atoms with Gasteiger partial charge in [0.2, 0.25) is 11.8 Å². The number of benzene rings is 2. The summed E-state index contributed by atoms with van der Waals surface area (Å²) >= 11 is 0. The molecule has 0 aliphatic carbocycles. The largest absolute Gasteiger partial charge is 0.478 e. The fourth-order valence-electron chi connectivity index (χ4n) is 4.61. The Balaban J connectivity index is 2.12. The zero-order valence-corrected chi connectivity index (χ0v) is 25.1. The van der Waals surface area contributed by atoms with Crippen molar-refractivity contribution in [1.29, 1.82) is 0 Å². The molecule has 10 heteroatoms. The van der Waals surface area contributed by atoms with E-state index in [0.29, 0.717) is 17.2 Å². The number of hydrogen-bond donors (Lipinski definition) is 3. The van der Waals surface area contributed by atoms with Crippen molar-refractivity contribution in [2.24, 2.45) is 17.1 Å². The molecule has 1 aromatic heterocycles. The van der Waals surface area contributed by atoms with Gasteiger partial charge in [-0.15, -0.1) is 0 Å². The number of nitrogens with two attached hydrogens (primary N) is 1. The molecule has 1 heterocycles. The Morgan fingerprint density at radius 3 is 2.40 bits per heavy atom. The number of carbonyl (C=O) groups is 1. The molecule has 4 N–H and O–H groups in total. The van der Waals surface area contributed by atoms with Crippen molar-refractivity contribution in [1.82, 2.24) is 9.97 Å². The average molecular weight is 569 g/mol. The van der Waals surface area contributed by atoms with Crippen molar-refractivity contribution >= 4 is 21.9 Å². The lowest BCUT2D eigenvalue weighted by Crippen LogP contribution is -2.32. The fourth-order valence-corrected chi connectivity index (χ4v) is 5.60. The van der Waals surface area contributed by atoms with Crippen LogP contribution in [0.4, 0.5) is 5.95 Å². The van der Waals surface area contributed by atoms with Gasteiger partial charge in [0.05, 0.1) is 16.2 Å². The van der Waals surface area contributed by atoms with Crippen molar-refractivity contribution in [3.05, 3.63) is 64.7 Å². The van der Waals surface area contributed by atoms with Crippen LogP contribution in [0.1, 0.15) is 68.1 Å². The Morgan fingerprint density at radius 1 is 1.10 bits per heavy atom. The van der Waals surface area contributed by atoms with Crippen LogP contribution in [0.15, 0.2) is 47.4 Å². The number of anilines is 1. The summed E-state index contributed by atoms with van der Waals surface area (Å²) in [6, 6.07) is 10.9. The Bertz CT molecular complexity index is 1480. The lowest BCUT2D eigenvalue weighted by atomic mass is 9.89. The molecule has 0 amide bonds. The predicted octanol–water partition coefficient (Wildman–Crippen LogP) is 5.60. The molecule has 3 rings (SSSR count). The number of nitrogens with one attached hydrogen (secondary N) is 1. The van der Waals surface area contributed by atoms with Gasteiger partial charge >= 0.3 is 5.97 Å². The highest BCUT2D eigenvalue weighted by molar-refractivity contribution is 7.92. The molecule has 0 aliphatic heterocycles. The van der Waals surface area contributed by atoms with E-state index >= 15 is 0 Å². The number of hydrogen-bond acceptors (Lipinski definition) is 7. The first-order chi connectivity index (χ1) is 18.6. The zero-order valence-electron chi connectivity index (χ0n) is 24.3. The number of rotatable bonds is 11. The normalized spacial score (nSPS) is 12.8. The van der Waals surface area contributed by atoms with E-state index in [0.717, 1.165) is 35.6 Å². The highest BCUT2D eigenvalue weighted by Gasteiger charge is 2.24. The topological polar surface area (TPSA) is 144 Å². The summed E-state index contributed by atoms with van der Waals surface area (Å²) in [5.41, 5.74) is 10.4. The second-order valence-corrected chi connectivity index (χ2v) is 13.5. The molecule has 40 heavy (non-hydrogen) atoms. The number of sulfonamides is 1. The Labute approximate surface area is 237 Å². The molecule has 0 unspecified atom stereocenters. The number of nitrogens with zero attached hydrogens (tertiary/aromatic N) is 2. The first-order valence-corrected chi connectivity index (χ1v) is 14.8. The minimum atomic E-state index is -4.21. The quantitative estimate of drug-likeness (QED) is 0.271. The molecule has 0 bridgehead atoms. The van der Waals surface area contributed by atoms with Gasteiger partial charge in [0.15, 0.2) is 0 Å². The van der Waals surface area contributed by atoms with Crippen LogP contribution >= 0.6 is 0 Å². The monoisotopic (exact) mass is 568 g/mol. The van der Waals surface area contributed by atoms with Crippen molar-refractivity contribution in [2.75, 3.05) is 11.3 Å². The molecule has 3 aromatic rings. The third-order valence-corrected chi connectivity index (χ3v) is 7.58. The minimum Gasteiger partial charge on any atom is -0.478 e.